The molecule has 0 rings (SSSR count). The molecule has 0 radical (unpaired) electrons. The zero-order chi connectivity index (χ0) is 11.2. The van der Waals surface area contributed by atoms with Gasteiger partial charge in [0.2, 0.25) is 5.91 Å². The topological polar surface area (TPSA) is 29.1 Å². The molecule has 1 N–H and O–H groups in total. The van der Waals surface area contributed by atoms with Crippen molar-refractivity contribution < 1.29 is 4.79 Å². The molecule has 0 fully saturated rings. The predicted octanol–water partition coefficient (Wildman–Crippen LogP) is 2.95. The largest absolute Gasteiger partial charge is 0.355 e. The molecule has 0 bridgehead atoms. The van der Waals surface area contributed by atoms with Crippen LogP contribution in [0.5, 0.6) is 0 Å². The lowest BCUT2D eigenvalue weighted by atomic mass is 9.90. The van der Waals surface area contributed by atoms with Gasteiger partial charge in [0.1, 0.15) is 0 Å². The van der Waals surface area contributed by atoms with Gasteiger partial charge in [0, 0.05) is 13.0 Å². The minimum absolute atomic E-state index is 0.0378. The molecule has 0 saturated heterocycles. The number of hydrogen-bond donors (Lipinski definition) is 1. The molecule has 0 aliphatic heterocycles. The summed E-state index contributed by atoms with van der Waals surface area (Å²) in [6.07, 6.45) is 2.40. The van der Waals surface area contributed by atoms with E-state index in [-0.39, 0.29) is 16.7 Å². The van der Waals surface area contributed by atoms with Crippen molar-refractivity contribution in [3.05, 3.63) is 0 Å². The lowest BCUT2D eigenvalue weighted by Gasteiger charge is -2.21. The van der Waals surface area contributed by atoms with Crippen LogP contribution < -0.4 is 5.32 Å². The van der Waals surface area contributed by atoms with E-state index in [1.807, 2.05) is 6.92 Å². The number of carbonyl (C=O) groups is 1. The summed E-state index contributed by atoms with van der Waals surface area (Å²) in [5.41, 5.74) is 0.224. The van der Waals surface area contributed by atoms with Crippen LogP contribution in [-0.2, 0) is 4.79 Å². The van der Waals surface area contributed by atoms with Gasteiger partial charge in [-0.05, 0) is 18.3 Å². The Morgan fingerprint density at radius 2 is 2.00 bits per heavy atom. The van der Waals surface area contributed by atoms with E-state index >= 15 is 0 Å². The van der Waals surface area contributed by atoms with Crippen molar-refractivity contribution in [2.45, 2.75) is 52.3 Å². The van der Waals surface area contributed by atoms with Crippen LogP contribution in [0.3, 0.4) is 0 Å². The van der Waals surface area contributed by atoms with Crippen molar-refractivity contribution in [3.63, 3.8) is 0 Å². The molecule has 0 aromatic carbocycles. The molecular weight excluding hydrogens is 198 g/mol. The van der Waals surface area contributed by atoms with Crippen molar-refractivity contribution in [1.29, 1.82) is 0 Å². The Balaban J connectivity index is 3.63. The van der Waals surface area contributed by atoms with E-state index in [1.165, 1.54) is 0 Å². The summed E-state index contributed by atoms with van der Waals surface area (Å²) in [6, 6.07) is 0. The Labute approximate surface area is 92.4 Å². The van der Waals surface area contributed by atoms with E-state index in [4.69, 9.17) is 11.6 Å². The molecule has 1 unspecified atom stereocenters. The first-order valence-electron chi connectivity index (χ1n) is 5.26. The Kier molecular flexibility index (Phi) is 6.17. The van der Waals surface area contributed by atoms with Gasteiger partial charge in [0.15, 0.2) is 0 Å². The minimum Gasteiger partial charge on any atom is -0.355 e. The number of hydrogen-bond acceptors (Lipinski definition) is 1. The second-order valence-corrected chi connectivity index (χ2v) is 5.53. The van der Waals surface area contributed by atoms with E-state index in [9.17, 15) is 4.79 Å². The maximum atomic E-state index is 11.1. The van der Waals surface area contributed by atoms with Crippen molar-refractivity contribution in [2.75, 3.05) is 6.54 Å². The summed E-state index contributed by atoms with van der Waals surface area (Å²) in [6.45, 7) is 9.02. The van der Waals surface area contributed by atoms with Crippen molar-refractivity contribution in [3.8, 4) is 0 Å². The van der Waals surface area contributed by atoms with E-state index < -0.39 is 0 Å². The van der Waals surface area contributed by atoms with Crippen LogP contribution in [0.1, 0.15) is 47.0 Å². The normalized spacial score (nSPS) is 13.8. The first-order chi connectivity index (χ1) is 6.35. The third-order valence-corrected chi connectivity index (χ3v) is 2.14. The van der Waals surface area contributed by atoms with E-state index in [2.05, 4.69) is 26.1 Å². The van der Waals surface area contributed by atoms with Crippen LogP contribution in [0.2, 0.25) is 0 Å². The van der Waals surface area contributed by atoms with Crippen LogP contribution >= 0.6 is 11.6 Å². The Morgan fingerprint density at radius 1 is 1.43 bits per heavy atom. The molecule has 2 nitrogen and oxygen atoms in total. The van der Waals surface area contributed by atoms with Crippen molar-refractivity contribution >= 4 is 17.5 Å². The smallest absolute Gasteiger partial charge is 0.220 e. The molecular formula is C11H22ClNO. The number of halogens is 1. The fraction of sp³-hybridized carbons (Fsp3) is 0.909. The molecule has 0 aliphatic carbocycles. The summed E-state index contributed by atoms with van der Waals surface area (Å²) in [7, 11) is 0. The highest BCUT2D eigenvalue weighted by Crippen LogP contribution is 2.23. The fourth-order valence-corrected chi connectivity index (χ4v) is 1.82. The van der Waals surface area contributed by atoms with Crippen molar-refractivity contribution in [1.82, 2.24) is 5.32 Å². The van der Waals surface area contributed by atoms with Crippen LogP contribution in [0.25, 0.3) is 0 Å². The summed E-state index contributed by atoms with van der Waals surface area (Å²) in [5, 5.41) is 2.87. The van der Waals surface area contributed by atoms with Crippen LogP contribution in [-0.4, -0.2) is 17.8 Å². The first-order valence-corrected chi connectivity index (χ1v) is 5.69. The average Bonchev–Trinajstić information content (AvgIpc) is 1.98. The zero-order valence-corrected chi connectivity index (χ0v) is 10.4. The fourth-order valence-electron chi connectivity index (χ4n) is 1.28. The lowest BCUT2D eigenvalue weighted by molar-refractivity contribution is -0.121. The first kappa shape index (κ1) is 13.8. The third-order valence-electron chi connectivity index (χ3n) is 1.83. The molecule has 0 spiro atoms. The highest BCUT2D eigenvalue weighted by molar-refractivity contribution is 6.20. The quantitative estimate of drug-likeness (QED) is 0.708. The Bertz CT molecular complexity index is 175. The summed E-state index contributed by atoms with van der Waals surface area (Å²) < 4.78 is 0. The van der Waals surface area contributed by atoms with Gasteiger partial charge in [-0.1, -0.05) is 27.7 Å². The molecule has 0 saturated carbocycles. The number of carbonyl (C=O) groups excluding carboxylic acids is 1. The monoisotopic (exact) mass is 219 g/mol. The highest BCUT2D eigenvalue weighted by Gasteiger charge is 2.16. The van der Waals surface area contributed by atoms with Crippen LogP contribution in [0.15, 0.2) is 0 Å². The maximum absolute atomic E-state index is 11.1. The van der Waals surface area contributed by atoms with Crippen LogP contribution in [0, 0.1) is 5.41 Å². The van der Waals surface area contributed by atoms with Crippen LogP contribution in [0.4, 0.5) is 0 Å². The van der Waals surface area contributed by atoms with Crippen molar-refractivity contribution in [2.24, 2.45) is 5.41 Å². The number of nitrogens with one attached hydrogen (secondary N) is 1. The molecule has 0 aromatic rings. The minimum atomic E-state index is 0.0378. The average molecular weight is 220 g/mol. The van der Waals surface area contributed by atoms with E-state index in [0.717, 1.165) is 12.8 Å². The molecule has 1 amide bonds. The third kappa shape index (κ3) is 8.36. The summed E-state index contributed by atoms with van der Waals surface area (Å²) >= 11 is 6.09. The second kappa shape index (κ2) is 6.28. The maximum Gasteiger partial charge on any atom is 0.220 e. The lowest BCUT2D eigenvalue weighted by Crippen LogP contribution is -2.31. The molecule has 0 aliphatic rings. The van der Waals surface area contributed by atoms with Gasteiger partial charge in [-0.15, -0.1) is 11.6 Å². The molecule has 3 heteroatoms. The SMILES string of the molecule is CCCC(=O)NCC(Cl)CC(C)(C)C. The molecule has 1 atom stereocenters. The molecule has 0 heterocycles. The van der Waals surface area contributed by atoms with Gasteiger partial charge in [0.25, 0.3) is 0 Å². The second-order valence-electron chi connectivity index (χ2n) is 4.92. The predicted molar refractivity (Wildman–Crippen MR) is 61.6 cm³/mol. The standard InChI is InChI=1S/C11H22ClNO/c1-5-6-10(14)13-8-9(12)7-11(2,3)4/h9H,5-8H2,1-4H3,(H,13,14). The Hall–Kier alpha value is -0.240. The molecule has 14 heavy (non-hydrogen) atoms. The van der Waals surface area contributed by atoms with Gasteiger partial charge < -0.3 is 5.32 Å². The van der Waals surface area contributed by atoms with Gasteiger partial charge in [-0.2, -0.15) is 0 Å². The Morgan fingerprint density at radius 3 is 2.43 bits per heavy atom. The van der Waals surface area contributed by atoms with E-state index in [1.54, 1.807) is 0 Å². The highest BCUT2D eigenvalue weighted by atomic mass is 35.5. The number of alkyl halides is 1. The molecule has 84 valence electrons. The van der Waals surface area contributed by atoms with Gasteiger partial charge >= 0.3 is 0 Å². The summed E-state index contributed by atoms with van der Waals surface area (Å²) in [4.78, 5) is 11.1. The number of rotatable bonds is 5. The van der Waals surface area contributed by atoms with Gasteiger partial charge in [-0.3, -0.25) is 4.79 Å². The van der Waals surface area contributed by atoms with Gasteiger partial charge in [-0.25, -0.2) is 0 Å². The summed E-state index contributed by atoms with van der Waals surface area (Å²) in [5.74, 6) is 0.104. The zero-order valence-electron chi connectivity index (χ0n) is 9.69. The van der Waals surface area contributed by atoms with Gasteiger partial charge in [0.05, 0.1) is 5.38 Å². The molecule has 0 aromatic heterocycles. The number of amides is 1. The van der Waals surface area contributed by atoms with E-state index in [0.29, 0.717) is 13.0 Å².